The van der Waals surface area contributed by atoms with E-state index < -0.39 is 0 Å². The molecule has 0 saturated heterocycles. The molecule has 1 unspecified atom stereocenters. The Bertz CT molecular complexity index is 286. The number of rotatable bonds is 4. The van der Waals surface area contributed by atoms with Crippen LogP contribution in [0.15, 0.2) is 16.8 Å². The van der Waals surface area contributed by atoms with E-state index in [2.05, 4.69) is 36.0 Å². The van der Waals surface area contributed by atoms with Crippen molar-refractivity contribution >= 4 is 11.3 Å². The van der Waals surface area contributed by atoms with Crippen LogP contribution in [0.2, 0.25) is 0 Å². The lowest BCUT2D eigenvalue weighted by molar-refractivity contribution is 0.305. The summed E-state index contributed by atoms with van der Waals surface area (Å²) in [6.07, 6.45) is 5.56. The van der Waals surface area contributed by atoms with Gasteiger partial charge in [-0.25, -0.2) is 0 Å². The SMILES string of the molecule is CC1CCC(NCC(C)c2ccsc2)CC1. The maximum absolute atomic E-state index is 3.73. The summed E-state index contributed by atoms with van der Waals surface area (Å²) in [7, 11) is 0. The normalized spacial score (nSPS) is 27.9. The highest BCUT2D eigenvalue weighted by Gasteiger charge is 2.18. The van der Waals surface area contributed by atoms with Gasteiger partial charge in [0.1, 0.15) is 0 Å². The number of nitrogens with one attached hydrogen (secondary N) is 1. The van der Waals surface area contributed by atoms with Crippen LogP contribution >= 0.6 is 11.3 Å². The van der Waals surface area contributed by atoms with E-state index in [0.717, 1.165) is 18.5 Å². The lowest BCUT2D eigenvalue weighted by atomic mass is 9.87. The molecular weight excluding hydrogens is 214 g/mol. The number of hydrogen-bond acceptors (Lipinski definition) is 2. The van der Waals surface area contributed by atoms with Gasteiger partial charge in [0, 0.05) is 12.6 Å². The molecule has 1 saturated carbocycles. The van der Waals surface area contributed by atoms with E-state index >= 15 is 0 Å². The van der Waals surface area contributed by atoms with Crippen LogP contribution in [0, 0.1) is 5.92 Å². The van der Waals surface area contributed by atoms with E-state index in [1.165, 1.54) is 31.2 Å². The predicted molar refractivity (Wildman–Crippen MR) is 72.2 cm³/mol. The molecule has 1 fully saturated rings. The van der Waals surface area contributed by atoms with Gasteiger partial charge in [-0.05, 0) is 59.9 Å². The minimum atomic E-state index is 0.658. The van der Waals surface area contributed by atoms with Gasteiger partial charge in [-0.2, -0.15) is 11.3 Å². The van der Waals surface area contributed by atoms with Crippen LogP contribution in [-0.2, 0) is 0 Å². The first-order valence-corrected chi connectivity index (χ1v) is 7.45. The highest BCUT2D eigenvalue weighted by atomic mass is 32.1. The zero-order valence-electron chi connectivity index (χ0n) is 10.4. The van der Waals surface area contributed by atoms with Crippen molar-refractivity contribution in [1.29, 1.82) is 0 Å². The highest BCUT2D eigenvalue weighted by molar-refractivity contribution is 7.07. The average Bonchev–Trinajstić information content (AvgIpc) is 2.81. The molecule has 0 spiro atoms. The van der Waals surface area contributed by atoms with E-state index in [1.54, 1.807) is 11.3 Å². The van der Waals surface area contributed by atoms with E-state index in [0.29, 0.717) is 5.92 Å². The molecule has 0 radical (unpaired) electrons. The molecule has 1 aromatic heterocycles. The molecule has 1 aromatic rings. The van der Waals surface area contributed by atoms with Gasteiger partial charge in [0.05, 0.1) is 0 Å². The quantitative estimate of drug-likeness (QED) is 0.834. The molecular formula is C14H23NS. The third-order valence-corrected chi connectivity index (χ3v) is 4.54. The molecule has 16 heavy (non-hydrogen) atoms. The Kier molecular flexibility index (Phi) is 4.42. The second kappa shape index (κ2) is 5.83. The molecule has 1 nitrogen and oxygen atoms in total. The summed E-state index contributed by atoms with van der Waals surface area (Å²) in [4.78, 5) is 0. The molecule has 90 valence electrons. The predicted octanol–water partition coefficient (Wildman–Crippen LogP) is 4.02. The van der Waals surface area contributed by atoms with Gasteiger partial charge in [0.15, 0.2) is 0 Å². The van der Waals surface area contributed by atoms with Crippen molar-refractivity contribution in [3.63, 3.8) is 0 Å². The first-order chi connectivity index (χ1) is 7.75. The van der Waals surface area contributed by atoms with Crippen molar-refractivity contribution in [3.8, 4) is 0 Å². The van der Waals surface area contributed by atoms with Gasteiger partial charge in [0.25, 0.3) is 0 Å². The van der Waals surface area contributed by atoms with Gasteiger partial charge in [-0.1, -0.05) is 13.8 Å². The average molecular weight is 237 g/mol. The molecule has 2 heteroatoms. The molecule has 0 aromatic carbocycles. The van der Waals surface area contributed by atoms with Crippen molar-refractivity contribution in [3.05, 3.63) is 22.4 Å². The van der Waals surface area contributed by atoms with Gasteiger partial charge in [-0.15, -0.1) is 0 Å². The summed E-state index contributed by atoms with van der Waals surface area (Å²) >= 11 is 1.80. The van der Waals surface area contributed by atoms with E-state index in [4.69, 9.17) is 0 Å². The van der Waals surface area contributed by atoms with Gasteiger partial charge < -0.3 is 5.32 Å². The lowest BCUT2D eigenvalue weighted by Crippen LogP contribution is -2.35. The fourth-order valence-corrected chi connectivity index (χ4v) is 3.26. The summed E-state index contributed by atoms with van der Waals surface area (Å²) < 4.78 is 0. The van der Waals surface area contributed by atoms with E-state index in [1.807, 2.05) is 0 Å². The molecule has 1 atom stereocenters. The molecule has 0 bridgehead atoms. The summed E-state index contributed by atoms with van der Waals surface area (Å²) in [5.74, 6) is 1.61. The van der Waals surface area contributed by atoms with Crippen molar-refractivity contribution < 1.29 is 0 Å². The molecule has 1 aliphatic carbocycles. The summed E-state index contributed by atoms with van der Waals surface area (Å²) in [5.41, 5.74) is 1.49. The summed E-state index contributed by atoms with van der Waals surface area (Å²) in [6.45, 7) is 5.83. The Morgan fingerprint density at radius 1 is 1.38 bits per heavy atom. The zero-order valence-corrected chi connectivity index (χ0v) is 11.2. The monoisotopic (exact) mass is 237 g/mol. The minimum Gasteiger partial charge on any atom is -0.313 e. The highest BCUT2D eigenvalue weighted by Crippen LogP contribution is 2.24. The largest absolute Gasteiger partial charge is 0.313 e. The number of hydrogen-bond donors (Lipinski definition) is 1. The maximum atomic E-state index is 3.73. The topological polar surface area (TPSA) is 12.0 Å². The van der Waals surface area contributed by atoms with Crippen LogP contribution in [0.25, 0.3) is 0 Å². The molecule has 0 amide bonds. The van der Waals surface area contributed by atoms with Gasteiger partial charge >= 0.3 is 0 Å². The van der Waals surface area contributed by atoms with Crippen LogP contribution in [0.4, 0.5) is 0 Å². The molecule has 1 aliphatic rings. The van der Waals surface area contributed by atoms with Gasteiger partial charge in [0.2, 0.25) is 0 Å². The van der Waals surface area contributed by atoms with Crippen LogP contribution in [0.3, 0.4) is 0 Å². The fourth-order valence-electron chi connectivity index (χ4n) is 2.48. The zero-order chi connectivity index (χ0) is 11.4. The van der Waals surface area contributed by atoms with Crippen molar-refractivity contribution in [2.45, 2.75) is 51.5 Å². The Hall–Kier alpha value is -0.340. The second-order valence-corrected chi connectivity index (χ2v) is 6.10. The lowest BCUT2D eigenvalue weighted by Gasteiger charge is -2.28. The van der Waals surface area contributed by atoms with E-state index in [9.17, 15) is 0 Å². The Morgan fingerprint density at radius 3 is 2.75 bits per heavy atom. The third-order valence-electron chi connectivity index (χ3n) is 3.84. The van der Waals surface area contributed by atoms with Crippen LogP contribution in [0.1, 0.15) is 51.0 Å². The maximum Gasteiger partial charge on any atom is 0.00675 e. The first kappa shape index (κ1) is 12.1. The van der Waals surface area contributed by atoms with Crippen LogP contribution in [0.5, 0.6) is 0 Å². The molecule has 0 aliphatic heterocycles. The molecule has 1 N–H and O–H groups in total. The smallest absolute Gasteiger partial charge is 0.00675 e. The molecule has 2 rings (SSSR count). The van der Waals surface area contributed by atoms with Gasteiger partial charge in [-0.3, -0.25) is 0 Å². The Balaban J connectivity index is 1.71. The molecule has 1 heterocycles. The van der Waals surface area contributed by atoms with Crippen molar-refractivity contribution in [2.24, 2.45) is 5.92 Å². The van der Waals surface area contributed by atoms with Crippen molar-refractivity contribution in [2.75, 3.05) is 6.54 Å². The van der Waals surface area contributed by atoms with Crippen molar-refractivity contribution in [1.82, 2.24) is 5.32 Å². The minimum absolute atomic E-state index is 0.658. The van der Waals surface area contributed by atoms with Crippen LogP contribution in [-0.4, -0.2) is 12.6 Å². The van der Waals surface area contributed by atoms with Crippen LogP contribution < -0.4 is 5.32 Å². The standard InChI is InChI=1S/C14H23NS/c1-11-3-5-14(6-4-11)15-9-12(2)13-7-8-16-10-13/h7-8,10-12,14-15H,3-6,9H2,1-2H3. The summed E-state index contributed by atoms with van der Waals surface area (Å²) in [6, 6.07) is 3.03. The Morgan fingerprint density at radius 2 is 2.12 bits per heavy atom. The second-order valence-electron chi connectivity index (χ2n) is 5.32. The number of thiophene rings is 1. The third kappa shape index (κ3) is 3.33. The Labute approximate surface area is 103 Å². The first-order valence-electron chi connectivity index (χ1n) is 6.51. The fraction of sp³-hybridized carbons (Fsp3) is 0.714. The van der Waals surface area contributed by atoms with E-state index in [-0.39, 0.29) is 0 Å². The summed E-state index contributed by atoms with van der Waals surface area (Å²) in [5, 5.41) is 8.18.